The normalized spacial score (nSPS) is 36.3. The molecule has 1 spiro atoms. The number of aliphatic hydroxyl groups is 2. The number of aryl methyl sites for hydroxylation is 1. The average Bonchev–Trinajstić information content (AvgIpc) is 3.37. The first-order chi connectivity index (χ1) is 27.7. The fourth-order valence-electron chi connectivity index (χ4n) is 9.45. The predicted molar refractivity (Wildman–Crippen MR) is 196 cm³/mol. The lowest BCUT2D eigenvalue weighted by Crippen LogP contribution is -2.89. The van der Waals surface area contributed by atoms with Crippen LogP contribution in [0.5, 0.6) is 0 Å². The number of fused-ring (bicyclic) bond motifs is 5. The minimum atomic E-state index is -2.80. The van der Waals surface area contributed by atoms with Gasteiger partial charge < -0.3 is 48.1 Å². The fraction of sp³-hybridized carbons (Fsp3) is 0.561. The minimum absolute atomic E-state index is 0.0401. The first-order valence-electron chi connectivity index (χ1n) is 19.0. The van der Waals surface area contributed by atoms with Crippen LogP contribution in [0.1, 0.15) is 81.3 Å². The van der Waals surface area contributed by atoms with Crippen LogP contribution < -0.4 is 0 Å². The van der Waals surface area contributed by atoms with E-state index in [0.717, 1.165) is 34.6 Å². The van der Waals surface area contributed by atoms with Crippen LogP contribution in [0.2, 0.25) is 0 Å². The maximum Gasteiger partial charge on any atom is 0.340 e. The summed E-state index contributed by atoms with van der Waals surface area (Å²) in [6.07, 6.45) is -10.6. The van der Waals surface area contributed by atoms with Crippen LogP contribution in [0, 0.1) is 17.3 Å². The zero-order valence-electron chi connectivity index (χ0n) is 33.5. The molecule has 0 amide bonds. The van der Waals surface area contributed by atoms with Crippen molar-refractivity contribution >= 4 is 41.8 Å². The number of aliphatic hydroxyl groups excluding tert-OH is 1. The Hall–Kier alpha value is -5.46. The molecule has 3 heterocycles. The number of aromatic nitrogens is 1. The second-order valence-electron chi connectivity index (χ2n) is 15.8. The quantitative estimate of drug-likeness (QED) is 0.297. The minimum Gasteiger partial charge on any atom is -0.465 e. The van der Waals surface area contributed by atoms with Crippen LogP contribution in [-0.4, -0.2) is 124 Å². The number of carbonyl (C=O) groups excluding carboxylic acids is 7. The van der Waals surface area contributed by atoms with E-state index >= 15 is 0 Å². The molecule has 1 aromatic heterocycles. The van der Waals surface area contributed by atoms with Gasteiger partial charge >= 0.3 is 41.8 Å². The first kappa shape index (κ1) is 43.1. The van der Waals surface area contributed by atoms with Gasteiger partial charge in [-0.25, -0.2) is 9.59 Å². The van der Waals surface area contributed by atoms with Crippen molar-refractivity contribution in [2.24, 2.45) is 17.3 Å². The Morgan fingerprint density at radius 1 is 0.847 bits per heavy atom. The summed E-state index contributed by atoms with van der Waals surface area (Å²) in [6.45, 7) is 6.23. The van der Waals surface area contributed by atoms with Gasteiger partial charge in [0.2, 0.25) is 0 Å². The zero-order chi connectivity index (χ0) is 43.2. The Kier molecular flexibility index (Phi) is 11.7. The average molecular weight is 826 g/mol. The number of esters is 7. The molecule has 2 aliphatic carbocycles. The van der Waals surface area contributed by atoms with Gasteiger partial charge in [-0.2, -0.15) is 0 Å². The highest BCUT2D eigenvalue weighted by molar-refractivity contribution is 5.91. The molecule has 3 fully saturated rings. The van der Waals surface area contributed by atoms with Gasteiger partial charge in [-0.15, -0.1) is 0 Å². The number of benzene rings is 1. The summed E-state index contributed by atoms with van der Waals surface area (Å²) in [5.74, 6) is -9.51. The molecule has 18 nitrogen and oxygen atoms in total. The summed E-state index contributed by atoms with van der Waals surface area (Å²) in [4.78, 5) is 99.0. The molecule has 12 atom stereocenters. The first-order valence-corrected chi connectivity index (χ1v) is 19.0. The summed E-state index contributed by atoms with van der Waals surface area (Å²) in [5.41, 5.74) is -9.98. The molecule has 0 radical (unpaired) electrons. The van der Waals surface area contributed by atoms with Crippen LogP contribution in [0.15, 0.2) is 48.7 Å². The zero-order valence-corrected chi connectivity index (χ0v) is 33.5. The van der Waals surface area contributed by atoms with Crippen molar-refractivity contribution in [3.05, 3.63) is 65.5 Å². The Labute approximate surface area is 338 Å². The Morgan fingerprint density at radius 3 is 2.10 bits per heavy atom. The van der Waals surface area contributed by atoms with Gasteiger partial charge in [0.05, 0.1) is 34.8 Å². The SMILES string of the molecule is CC(=O)OCC12C(OC(C)=O)C(OC(C)=O)C3C(O)C14OC3(C)COC(=O)c1cccnc1CCC(C)C(=O)OC(C(OC(C)=O)C2OC(=O)c1ccccc1)C4(C)O. The lowest BCUT2D eigenvalue weighted by atomic mass is 9.45. The standard InChI is InChI=1S/C41H47NO17/c1-20-15-16-27-26(14-11-17-42-27)37(50)53-18-38(6)28-29(54-22(3)44)33(56-24(5)46)40(19-52-21(2)43)34(58-36(49)25-12-9-8-10-13-25)30(55-23(4)45)32(57-35(20)48)39(7,51)41(40,59-38)31(28)47/h8-14,17,20,28-34,47,51H,15-16,18-19H2,1-7H3. The van der Waals surface area contributed by atoms with Crippen LogP contribution in [0.25, 0.3) is 0 Å². The number of carbonyl (C=O) groups is 7. The number of cyclic esters (lactones) is 1. The van der Waals surface area contributed by atoms with Gasteiger partial charge in [0.15, 0.2) is 24.4 Å². The lowest BCUT2D eigenvalue weighted by Gasteiger charge is -2.67. The number of pyridine rings is 1. The molecule has 1 saturated heterocycles. The predicted octanol–water partition coefficient (Wildman–Crippen LogP) is 1.59. The fourth-order valence-corrected chi connectivity index (χ4v) is 9.45. The Bertz CT molecular complexity index is 2020. The number of hydrogen-bond donors (Lipinski definition) is 2. The molecule has 18 heteroatoms. The highest BCUT2D eigenvalue weighted by Crippen LogP contribution is 2.69. The Morgan fingerprint density at radius 2 is 1.47 bits per heavy atom. The highest BCUT2D eigenvalue weighted by Gasteiger charge is 2.91. The lowest BCUT2D eigenvalue weighted by molar-refractivity contribution is -0.385. The maximum absolute atomic E-state index is 14.3. The van der Waals surface area contributed by atoms with E-state index in [2.05, 4.69) is 4.98 Å². The number of nitrogens with zero attached hydrogens (tertiary/aromatic N) is 1. The summed E-state index contributed by atoms with van der Waals surface area (Å²) >= 11 is 0. The van der Waals surface area contributed by atoms with Crippen molar-refractivity contribution in [3.8, 4) is 0 Å². The molecule has 12 unspecified atom stereocenters. The molecule has 4 bridgehead atoms. The molecule has 59 heavy (non-hydrogen) atoms. The van der Waals surface area contributed by atoms with Gasteiger partial charge in [0.1, 0.15) is 41.5 Å². The maximum atomic E-state index is 14.3. The molecule has 2 N–H and O–H groups in total. The molecular weight excluding hydrogens is 778 g/mol. The topological polar surface area (TPSA) is 247 Å². The molecule has 318 valence electrons. The van der Waals surface area contributed by atoms with Gasteiger partial charge in [-0.3, -0.25) is 29.0 Å². The van der Waals surface area contributed by atoms with E-state index in [4.69, 9.17) is 37.9 Å². The molecule has 6 rings (SSSR count). The van der Waals surface area contributed by atoms with E-state index in [1.807, 2.05) is 0 Å². The molecule has 1 aromatic carbocycles. The molecule has 2 aromatic rings. The third-order valence-electron chi connectivity index (χ3n) is 11.8. The van der Waals surface area contributed by atoms with Crippen molar-refractivity contribution in [3.63, 3.8) is 0 Å². The monoisotopic (exact) mass is 825 g/mol. The van der Waals surface area contributed by atoms with Gasteiger partial charge in [0.25, 0.3) is 0 Å². The summed E-state index contributed by atoms with van der Waals surface area (Å²) in [6, 6.07) is 10.4. The van der Waals surface area contributed by atoms with E-state index < -0.39 is 126 Å². The van der Waals surface area contributed by atoms with Crippen molar-refractivity contribution < 1.29 is 81.7 Å². The van der Waals surface area contributed by atoms with Crippen molar-refractivity contribution in [1.29, 1.82) is 0 Å². The van der Waals surface area contributed by atoms with Gasteiger partial charge in [-0.1, -0.05) is 25.1 Å². The van der Waals surface area contributed by atoms with Crippen LogP contribution in [0.3, 0.4) is 0 Å². The second kappa shape index (κ2) is 16.0. The number of hydrogen-bond acceptors (Lipinski definition) is 18. The molecular formula is C41H47NO17. The number of ether oxygens (including phenoxy) is 8. The summed E-state index contributed by atoms with van der Waals surface area (Å²) in [7, 11) is 0. The van der Waals surface area contributed by atoms with E-state index in [9.17, 15) is 43.8 Å². The molecule has 2 saturated carbocycles. The van der Waals surface area contributed by atoms with Crippen LogP contribution >= 0.6 is 0 Å². The van der Waals surface area contributed by atoms with Crippen molar-refractivity contribution in [2.75, 3.05) is 13.2 Å². The largest absolute Gasteiger partial charge is 0.465 e. The van der Waals surface area contributed by atoms with Crippen LogP contribution in [0.4, 0.5) is 0 Å². The van der Waals surface area contributed by atoms with E-state index in [-0.39, 0.29) is 29.7 Å². The Balaban J connectivity index is 1.73. The smallest absolute Gasteiger partial charge is 0.340 e. The number of rotatable bonds is 7. The van der Waals surface area contributed by atoms with Gasteiger partial charge in [0, 0.05) is 33.9 Å². The van der Waals surface area contributed by atoms with Gasteiger partial charge in [-0.05, 0) is 51.0 Å². The summed E-state index contributed by atoms with van der Waals surface area (Å²) < 4.78 is 48.6. The second-order valence-corrected chi connectivity index (χ2v) is 15.8. The van der Waals surface area contributed by atoms with Crippen LogP contribution in [-0.2, 0) is 68.3 Å². The highest BCUT2D eigenvalue weighted by atomic mass is 16.7. The van der Waals surface area contributed by atoms with E-state index in [0.29, 0.717) is 0 Å². The van der Waals surface area contributed by atoms with Crippen molar-refractivity contribution in [2.45, 2.75) is 115 Å². The summed E-state index contributed by atoms with van der Waals surface area (Å²) in [5, 5.41) is 26.3. The van der Waals surface area contributed by atoms with E-state index in [1.54, 1.807) is 6.07 Å². The third-order valence-corrected chi connectivity index (χ3v) is 11.8. The van der Waals surface area contributed by atoms with E-state index in [1.165, 1.54) is 56.4 Å². The molecule has 2 aliphatic heterocycles. The molecule has 4 aliphatic rings. The van der Waals surface area contributed by atoms with Crippen molar-refractivity contribution in [1.82, 2.24) is 4.98 Å². The third kappa shape index (κ3) is 7.20.